The Morgan fingerprint density at radius 2 is 1.62 bits per heavy atom. The molecule has 0 radical (unpaired) electrons. The van der Waals surface area contributed by atoms with Crippen molar-refractivity contribution in [3.63, 3.8) is 0 Å². The number of aryl methyl sites for hydroxylation is 1. The van der Waals surface area contributed by atoms with Gasteiger partial charge in [-0.25, -0.2) is 8.42 Å². The number of nitrogens with one attached hydrogen (secondary N) is 1. The van der Waals surface area contributed by atoms with Crippen molar-refractivity contribution in [2.75, 3.05) is 25.0 Å². The number of anilines is 1. The number of sulfonamides is 1. The summed E-state index contributed by atoms with van der Waals surface area (Å²) in [6.07, 6.45) is 2.79. The van der Waals surface area contributed by atoms with Gasteiger partial charge in [0.1, 0.15) is 0 Å². The second-order valence-corrected chi connectivity index (χ2v) is 8.40. The normalized spacial score (nSPS) is 15.1. The van der Waals surface area contributed by atoms with Gasteiger partial charge in [0.25, 0.3) is 0 Å². The summed E-state index contributed by atoms with van der Waals surface area (Å²) in [6.45, 7) is 3.41. The first kappa shape index (κ1) is 18.6. The molecule has 1 fully saturated rings. The van der Waals surface area contributed by atoms with Crippen LogP contribution in [0, 0.1) is 0 Å². The summed E-state index contributed by atoms with van der Waals surface area (Å²) < 4.78 is 26.5. The van der Waals surface area contributed by atoms with E-state index < -0.39 is 10.0 Å². The monoisotopic (exact) mass is 372 g/mol. The average molecular weight is 372 g/mol. The molecule has 1 aliphatic rings. The zero-order valence-corrected chi connectivity index (χ0v) is 15.8. The molecule has 1 heterocycles. The number of nitrogens with zero attached hydrogens (tertiary/aromatic N) is 1. The number of carbonyl (C=O) groups excluding carboxylic acids is 1. The molecule has 0 unspecified atom stereocenters. The van der Waals surface area contributed by atoms with Crippen LogP contribution in [0.5, 0.6) is 0 Å². The van der Waals surface area contributed by atoms with Gasteiger partial charge >= 0.3 is 0 Å². The molecule has 2 aromatic carbocycles. The van der Waals surface area contributed by atoms with Crippen LogP contribution in [0.25, 0.3) is 0 Å². The van der Waals surface area contributed by atoms with Gasteiger partial charge in [0.05, 0.1) is 11.4 Å². The maximum atomic E-state index is 12.5. The molecule has 3 rings (SSSR count). The molecule has 0 atom stereocenters. The third-order valence-electron chi connectivity index (χ3n) is 4.69. The van der Waals surface area contributed by atoms with Crippen molar-refractivity contribution in [2.45, 2.75) is 31.1 Å². The molecular weight excluding hydrogens is 348 g/mol. The van der Waals surface area contributed by atoms with Gasteiger partial charge in [0.2, 0.25) is 10.0 Å². The minimum Gasteiger partial charge on any atom is -0.378 e. The summed E-state index contributed by atoms with van der Waals surface area (Å²) in [6, 6.07) is 14.2. The number of hydrogen-bond acceptors (Lipinski definition) is 4. The molecule has 0 aliphatic carbocycles. The predicted molar refractivity (Wildman–Crippen MR) is 103 cm³/mol. The molecule has 1 saturated heterocycles. The molecule has 0 spiro atoms. The molecule has 26 heavy (non-hydrogen) atoms. The Labute approximate surface area is 155 Å². The lowest BCUT2D eigenvalue weighted by atomic mass is 10.1. The molecule has 0 bridgehead atoms. The van der Waals surface area contributed by atoms with E-state index in [4.69, 9.17) is 0 Å². The van der Waals surface area contributed by atoms with Gasteiger partial charge < -0.3 is 5.32 Å². The van der Waals surface area contributed by atoms with E-state index >= 15 is 0 Å². The molecule has 0 amide bonds. The second kappa shape index (κ2) is 8.01. The van der Waals surface area contributed by atoms with Gasteiger partial charge in [-0.15, -0.1) is 0 Å². The van der Waals surface area contributed by atoms with Crippen LogP contribution in [0.15, 0.2) is 53.4 Å². The van der Waals surface area contributed by atoms with E-state index in [0.29, 0.717) is 18.7 Å². The largest absolute Gasteiger partial charge is 0.378 e. The average Bonchev–Trinajstić information content (AvgIpc) is 3.22. The fourth-order valence-electron chi connectivity index (χ4n) is 3.03. The number of ketones is 1. The molecule has 5 nitrogen and oxygen atoms in total. The zero-order chi connectivity index (χ0) is 18.6. The Morgan fingerprint density at radius 3 is 2.19 bits per heavy atom. The lowest BCUT2D eigenvalue weighted by Gasteiger charge is -2.15. The summed E-state index contributed by atoms with van der Waals surface area (Å²) in [7, 11) is -3.44. The summed E-state index contributed by atoms with van der Waals surface area (Å²) in [5.41, 5.74) is 2.64. The van der Waals surface area contributed by atoms with Gasteiger partial charge in [-0.2, -0.15) is 4.31 Å². The Morgan fingerprint density at radius 1 is 1.00 bits per heavy atom. The van der Waals surface area contributed by atoms with Crippen molar-refractivity contribution >= 4 is 21.5 Å². The summed E-state index contributed by atoms with van der Waals surface area (Å²) in [5, 5.41) is 3.11. The highest BCUT2D eigenvalue weighted by atomic mass is 32.2. The quantitative estimate of drug-likeness (QED) is 0.757. The van der Waals surface area contributed by atoms with E-state index in [-0.39, 0.29) is 17.2 Å². The minimum atomic E-state index is -3.44. The standard InChI is InChI=1S/C20H24N2O3S/c1-2-16-5-9-18(10-6-16)21-15-20(23)17-7-11-19(12-8-17)26(24,25)22-13-3-4-14-22/h5-12,21H,2-4,13-15H2,1H3. The molecule has 2 aromatic rings. The van der Waals surface area contributed by atoms with E-state index in [1.165, 1.54) is 22.0 Å². The second-order valence-electron chi connectivity index (χ2n) is 6.46. The van der Waals surface area contributed by atoms with E-state index in [9.17, 15) is 13.2 Å². The third kappa shape index (κ3) is 4.14. The van der Waals surface area contributed by atoms with Crippen LogP contribution in [0.1, 0.15) is 35.7 Å². The molecular formula is C20H24N2O3S. The molecule has 1 N–H and O–H groups in total. The van der Waals surface area contributed by atoms with Crippen LogP contribution in [0.2, 0.25) is 0 Å². The lowest BCUT2D eigenvalue weighted by molar-refractivity contribution is 0.101. The highest BCUT2D eigenvalue weighted by Gasteiger charge is 2.27. The van der Waals surface area contributed by atoms with Crippen molar-refractivity contribution in [3.8, 4) is 0 Å². The van der Waals surface area contributed by atoms with Crippen LogP contribution >= 0.6 is 0 Å². The van der Waals surface area contributed by atoms with Gasteiger partial charge in [-0.3, -0.25) is 4.79 Å². The first-order valence-corrected chi connectivity index (χ1v) is 10.4. The van der Waals surface area contributed by atoms with Crippen molar-refractivity contribution < 1.29 is 13.2 Å². The fourth-order valence-corrected chi connectivity index (χ4v) is 4.55. The molecule has 138 valence electrons. The maximum absolute atomic E-state index is 12.5. The van der Waals surface area contributed by atoms with Crippen LogP contribution in [-0.2, 0) is 16.4 Å². The van der Waals surface area contributed by atoms with Crippen molar-refractivity contribution in [2.24, 2.45) is 0 Å². The van der Waals surface area contributed by atoms with E-state index in [0.717, 1.165) is 24.9 Å². The number of hydrogen-bond donors (Lipinski definition) is 1. The van der Waals surface area contributed by atoms with Crippen molar-refractivity contribution in [1.29, 1.82) is 0 Å². The van der Waals surface area contributed by atoms with E-state index in [2.05, 4.69) is 12.2 Å². The van der Waals surface area contributed by atoms with E-state index in [1.807, 2.05) is 24.3 Å². The van der Waals surface area contributed by atoms with E-state index in [1.54, 1.807) is 12.1 Å². The number of Topliss-reactive ketones (excluding diaryl/α,β-unsaturated/α-hetero) is 1. The molecule has 1 aliphatic heterocycles. The zero-order valence-electron chi connectivity index (χ0n) is 14.9. The SMILES string of the molecule is CCc1ccc(NCC(=O)c2ccc(S(=O)(=O)N3CCCC3)cc2)cc1. The molecule has 0 saturated carbocycles. The van der Waals surface area contributed by atoms with Gasteiger partial charge in [-0.05, 0) is 61.2 Å². The molecule has 6 heteroatoms. The van der Waals surface area contributed by atoms with Crippen LogP contribution in [0.3, 0.4) is 0 Å². The van der Waals surface area contributed by atoms with Gasteiger partial charge in [0.15, 0.2) is 5.78 Å². The number of carbonyl (C=O) groups is 1. The first-order valence-electron chi connectivity index (χ1n) is 8.97. The fraction of sp³-hybridized carbons (Fsp3) is 0.350. The third-order valence-corrected chi connectivity index (χ3v) is 6.61. The Balaban J connectivity index is 1.63. The Bertz CT molecular complexity index is 853. The lowest BCUT2D eigenvalue weighted by Crippen LogP contribution is -2.27. The highest BCUT2D eigenvalue weighted by Crippen LogP contribution is 2.21. The predicted octanol–water partition coefficient (Wildman–Crippen LogP) is 3.33. The maximum Gasteiger partial charge on any atom is 0.243 e. The molecule has 0 aromatic heterocycles. The highest BCUT2D eigenvalue weighted by molar-refractivity contribution is 7.89. The van der Waals surface area contributed by atoms with Gasteiger partial charge in [0, 0.05) is 24.3 Å². The van der Waals surface area contributed by atoms with Gasteiger partial charge in [-0.1, -0.05) is 19.1 Å². The van der Waals surface area contributed by atoms with Crippen LogP contribution < -0.4 is 5.32 Å². The minimum absolute atomic E-state index is 0.0744. The first-order chi connectivity index (χ1) is 12.5. The van der Waals surface area contributed by atoms with Crippen LogP contribution in [0.4, 0.5) is 5.69 Å². The summed E-state index contributed by atoms with van der Waals surface area (Å²) in [4.78, 5) is 12.6. The van der Waals surface area contributed by atoms with Crippen molar-refractivity contribution in [3.05, 3.63) is 59.7 Å². The smallest absolute Gasteiger partial charge is 0.243 e. The summed E-state index contributed by atoms with van der Waals surface area (Å²) in [5.74, 6) is -0.0744. The Kier molecular flexibility index (Phi) is 5.74. The summed E-state index contributed by atoms with van der Waals surface area (Å²) >= 11 is 0. The number of benzene rings is 2. The van der Waals surface area contributed by atoms with Crippen LogP contribution in [-0.4, -0.2) is 38.1 Å². The van der Waals surface area contributed by atoms with Crippen molar-refractivity contribution in [1.82, 2.24) is 4.31 Å². The number of rotatable bonds is 7. The Hall–Kier alpha value is -2.18. The topological polar surface area (TPSA) is 66.5 Å².